The summed E-state index contributed by atoms with van der Waals surface area (Å²) >= 11 is 12.0. The summed E-state index contributed by atoms with van der Waals surface area (Å²) in [5.41, 5.74) is 1.67. The zero-order chi connectivity index (χ0) is 19.6. The third-order valence-corrected chi connectivity index (χ3v) is 4.25. The molecule has 1 heterocycles. The largest absolute Gasteiger partial charge is 0.506 e. The number of ether oxygens (including phenoxy) is 1. The number of nitrogens with one attached hydrogen (secondary N) is 2. The zero-order valence-corrected chi connectivity index (χ0v) is 15.9. The second-order valence-electron chi connectivity index (χ2n) is 5.61. The van der Waals surface area contributed by atoms with Crippen LogP contribution in [-0.2, 0) is 0 Å². The summed E-state index contributed by atoms with van der Waals surface area (Å²) < 4.78 is 19.2. The number of phenols is 1. The first-order valence-electron chi connectivity index (χ1n) is 7.76. The zero-order valence-electron chi connectivity index (χ0n) is 14.3. The van der Waals surface area contributed by atoms with Crippen molar-refractivity contribution in [1.82, 2.24) is 9.97 Å². The summed E-state index contributed by atoms with van der Waals surface area (Å²) in [6, 6.07) is 8.13. The SMILES string of the molecule is COc1ccc(Nc2nc(Nc3cc(C)c(O)c(Cl)c3)ncc2F)cc1Cl. The Balaban J connectivity index is 1.85. The van der Waals surface area contributed by atoms with Gasteiger partial charge < -0.3 is 20.5 Å². The van der Waals surface area contributed by atoms with Gasteiger partial charge in [-0.2, -0.15) is 4.98 Å². The highest BCUT2D eigenvalue weighted by Gasteiger charge is 2.11. The third-order valence-electron chi connectivity index (χ3n) is 3.67. The quantitative estimate of drug-likeness (QED) is 0.488. The van der Waals surface area contributed by atoms with E-state index in [0.29, 0.717) is 27.7 Å². The summed E-state index contributed by atoms with van der Waals surface area (Å²) in [5, 5.41) is 16.1. The maximum atomic E-state index is 14.1. The Bertz CT molecular complexity index is 978. The maximum Gasteiger partial charge on any atom is 0.229 e. The number of anilines is 4. The highest BCUT2D eigenvalue weighted by atomic mass is 35.5. The Morgan fingerprint density at radius 3 is 2.48 bits per heavy atom. The minimum Gasteiger partial charge on any atom is -0.506 e. The van der Waals surface area contributed by atoms with Gasteiger partial charge in [0.1, 0.15) is 11.5 Å². The van der Waals surface area contributed by atoms with Crippen LogP contribution in [0.15, 0.2) is 36.5 Å². The second kappa shape index (κ2) is 7.85. The van der Waals surface area contributed by atoms with Gasteiger partial charge in [-0.15, -0.1) is 0 Å². The van der Waals surface area contributed by atoms with Gasteiger partial charge in [0.2, 0.25) is 5.95 Å². The Morgan fingerprint density at radius 2 is 1.81 bits per heavy atom. The number of aromatic hydroxyl groups is 1. The average molecular weight is 409 g/mol. The van der Waals surface area contributed by atoms with Crippen LogP contribution >= 0.6 is 23.2 Å². The molecule has 27 heavy (non-hydrogen) atoms. The van der Waals surface area contributed by atoms with Crippen molar-refractivity contribution in [2.24, 2.45) is 0 Å². The van der Waals surface area contributed by atoms with E-state index in [2.05, 4.69) is 20.6 Å². The Hall–Kier alpha value is -2.77. The molecule has 2 aromatic carbocycles. The van der Waals surface area contributed by atoms with Gasteiger partial charge in [-0.25, -0.2) is 9.37 Å². The summed E-state index contributed by atoms with van der Waals surface area (Å²) in [7, 11) is 1.51. The first-order chi connectivity index (χ1) is 12.9. The monoisotopic (exact) mass is 408 g/mol. The Kier molecular flexibility index (Phi) is 5.53. The lowest BCUT2D eigenvalue weighted by Crippen LogP contribution is -2.03. The molecule has 0 atom stereocenters. The molecule has 0 unspecified atom stereocenters. The van der Waals surface area contributed by atoms with E-state index in [1.54, 1.807) is 31.2 Å². The Labute approximate surface area is 164 Å². The van der Waals surface area contributed by atoms with Crippen molar-refractivity contribution in [3.05, 3.63) is 58.0 Å². The summed E-state index contributed by atoms with van der Waals surface area (Å²) in [6.45, 7) is 1.71. The van der Waals surface area contributed by atoms with Gasteiger partial charge >= 0.3 is 0 Å². The van der Waals surface area contributed by atoms with E-state index in [1.165, 1.54) is 13.2 Å². The number of aromatic nitrogens is 2. The van der Waals surface area contributed by atoms with Crippen molar-refractivity contribution >= 4 is 46.3 Å². The molecule has 0 aliphatic rings. The first kappa shape index (κ1) is 19.0. The highest BCUT2D eigenvalue weighted by Crippen LogP contribution is 2.32. The standard InChI is InChI=1S/C18H15Cl2FN4O2/c1-9-5-11(7-13(20)16(9)26)24-18-22-8-14(21)17(25-18)23-10-3-4-15(27-2)12(19)6-10/h3-8,26H,1-2H3,(H2,22,23,24,25). The van der Waals surface area contributed by atoms with Gasteiger partial charge in [0.15, 0.2) is 11.6 Å². The molecule has 0 saturated heterocycles. The summed E-state index contributed by atoms with van der Waals surface area (Å²) in [4.78, 5) is 8.04. The van der Waals surface area contributed by atoms with Crippen LogP contribution in [-0.4, -0.2) is 22.2 Å². The molecule has 0 spiro atoms. The van der Waals surface area contributed by atoms with E-state index in [0.717, 1.165) is 6.20 Å². The second-order valence-corrected chi connectivity index (χ2v) is 6.43. The lowest BCUT2D eigenvalue weighted by Gasteiger charge is -2.12. The van der Waals surface area contributed by atoms with Crippen LogP contribution in [0.1, 0.15) is 5.56 Å². The van der Waals surface area contributed by atoms with Crippen LogP contribution in [0, 0.1) is 12.7 Å². The molecule has 3 N–H and O–H groups in total. The molecule has 9 heteroatoms. The molecule has 0 aliphatic heterocycles. The molecule has 0 saturated carbocycles. The molecule has 140 valence electrons. The Morgan fingerprint density at radius 1 is 1.07 bits per heavy atom. The van der Waals surface area contributed by atoms with Crippen molar-refractivity contribution in [3.63, 3.8) is 0 Å². The predicted molar refractivity (Wildman–Crippen MR) is 104 cm³/mol. The van der Waals surface area contributed by atoms with Crippen LogP contribution in [0.4, 0.5) is 27.5 Å². The molecular formula is C18H15Cl2FN4O2. The van der Waals surface area contributed by atoms with Crippen molar-refractivity contribution in [1.29, 1.82) is 0 Å². The molecule has 0 radical (unpaired) electrons. The lowest BCUT2D eigenvalue weighted by molar-refractivity contribution is 0.415. The van der Waals surface area contributed by atoms with Crippen LogP contribution in [0.25, 0.3) is 0 Å². The number of hydrogen-bond donors (Lipinski definition) is 3. The van der Waals surface area contributed by atoms with Gasteiger partial charge in [-0.3, -0.25) is 0 Å². The fourth-order valence-corrected chi connectivity index (χ4v) is 2.86. The van der Waals surface area contributed by atoms with E-state index in [9.17, 15) is 9.50 Å². The van der Waals surface area contributed by atoms with E-state index in [-0.39, 0.29) is 22.5 Å². The molecule has 1 aromatic heterocycles. The van der Waals surface area contributed by atoms with Crippen LogP contribution < -0.4 is 15.4 Å². The van der Waals surface area contributed by atoms with E-state index in [1.807, 2.05) is 0 Å². The van der Waals surface area contributed by atoms with Crippen LogP contribution in [0.3, 0.4) is 0 Å². The van der Waals surface area contributed by atoms with Crippen molar-refractivity contribution in [3.8, 4) is 11.5 Å². The fraction of sp³-hybridized carbons (Fsp3) is 0.111. The molecule has 0 amide bonds. The fourth-order valence-electron chi connectivity index (χ4n) is 2.33. The van der Waals surface area contributed by atoms with E-state index >= 15 is 0 Å². The predicted octanol–water partition coefficient (Wildman–Crippen LogP) is 5.43. The maximum absolute atomic E-state index is 14.1. The molecule has 0 fully saturated rings. The number of phenolic OH excluding ortho intramolecular Hbond substituents is 1. The smallest absolute Gasteiger partial charge is 0.229 e. The number of benzene rings is 2. The molecule has 3 aromatic rings. The number of rotatable bonds is 5. The first-order valence-corrected chi connectivity index (χ1v) is 8.52. The van der Waals surface area contributed by atoms with Gasteiger partial charge in [-0.05, 0) is 42.8 Å². The van der Waals surface area contributed by atoms with Gasteiger partial charge in [0.05, 0.1) is 23.4 Å². The molecule has 0 aliphatic carbocycles. The number of methoxy groups -OCH3 is 1. The average Bonchev–Trinajstić information content (AvgIpc) is 2.62. The van der Waals surface area contributed by atoms with E-state index in [4.69, 9.17) is 27.9 Å². The summed E-state index contributed by atoms with van der Waals surface area (Å²) in [5.74, 6) is -0.00398. The molecular weight excluding hydrogens is 394 g/mol. The number of aryl methyl sites for hydroxylation is 1. The minimum atomic E-state index is -0.632. The van der Waals surface area contributed by atoms with Crippen LogP contribution in [0.2, 0.25) is 10.0 Å². The van der Waals surface area contributed by atoms with Crippen molar-refractivity contribution in [2.75, 3.05) is 17.7 Å². The molecule has 0 bridgehead atoms. The summed E-state index contributed by atoms with van der Waals surface area (Å²) in [6.07, 6.45) is 1.04. The third kappa shape index (κ3) is 4.32. The van der Waals surface area contributed by atoms with Crippen molar-refractivity contribution in [2.45, 2.75) is 6.92 Å². The minimum absolute atomic E-state index is 0.000909. The van der Waals surface area contributed by atoms with Crippen LogP contribution in [0.5, 0.6) is 11.5 Å². The molecule has 6 nitrogen and oxygen atoms in total. The van der Waals surface area contributed by atoms with Crippen molar-refractivity contribution < 1.29 is 14.2 Å². The lowest BCUT2D eigenvalue weighted by atomic mass is 10.2. The highest BCUT2D eigenvalue weighted by molar-refractivity contribution is 6.32. The number of nitrogens with zero attached hydrogens (tertiary/aromatic N) is 2. The number of halogens is 3. The van der Waals surface area contributed by atoms with Gasteiger partial charge in [-0.1, -0.05) is 23.2 Å². The molecule has 3 rings (SSSR count). The van der Waals surface area contributed by atoms with Gasteiger partial charge in [0, 0.05) is 11.4 Å². The van der Waals surface area contributed by atoms with E-state index < -0.39 is 5.82 Å². The topological polar surface area (TPSA) is 79.3 Å². The normalized spacial score (nSPS) is 10.6. The number of hydrogen-bond acceptors (Lipinski definition) is 6. The van der Waals surface area contributed by atoms with Gasteiger partial charge in [0.25, 0.3) is 0 Å².